The Morgan fingerprint density at radius 3 is 2.78 bits per heavy atom. The Morgan fingerprint density at radius 2 is 2.12 bits per heavy atom. The molecule has 32 heavy (non-hydrogen) atoms. The monoisotopic (exact) mass is 480 g/mol. The molecule has 1 aliphatic carbocycles. The Kier molecular flexibility index (Phi) is 6.21. The maximum Gasteiger partial charge on any atom is 0.369 e. The van der Waals surface area contributed by atoms with Gasteiger partial charge in [0.25, 0.3) is 0 Å². The van der Waals surface area contributed by atoms with Gasteiger partial charge in [-0.3, -0.25) is 0 Å². The molecule has 0 radical (unpaired) electrons. The van der Waals surface area contributed by atoms with Crippen LogP contribution in [0.15, 0.2) is 23.1 Å². The summed E-state index contributed by atoms with van der Waals surface area (Å²) in [6, 6.07) is 4.60. The highest BCUT2D eigenvalue weighted by molar-refractivity contribution is 7.89. The summed E-state index contributed by atoms with van der Waals surface area (Å²) < 4.78 is 40.7. The van der Waals surface area contributed by atoms with E-state index in [1.54, 1.807) is 26.0 Å². The number of methoxy groups -OCH3 is 1. The molecule has 3 aromatic rings. The van der Waals surface area contributed by atoms with Crippen molar-refractivity contribution in [3.05, 3.63) is 28.9 Å². The summed E-state index contributed by atoms with van der Waals surface area (Å²) in [5.74, 6) is -0.199. The zero-order valence-corrected chi connectivity index (χ0v) is 19.5. The molecule has 172 valence electrons. The standard InChI is InChI=1S/C20H24N4O6S2/c1-4-30-19(26)18-22-24-17(11(2)21-20(24)31-18)13-5-6-15(29-3)16(9-13)32(27,28)23-14-7-12(8-14)10-25/h5-6,9,12,14,23,25H,4,7-8,10H2,1-3H3. The second-order valence-electron chi connectivity index (χ2n) is 7.57. The molecule has 1 fully saturated rings. The molecule has 1 aromatic carbocycles. The van der Waals surface area contributed by atoms with Gasteiger partial charge in [-0.15, -0.1) is 5.10 Å². The molecule has 0 bridgehead atoms. The van der Waals surface area contributed by atoms with E-state index in [4.69, 9.17) is 9.47 Å². The van der Waals surface area contributed by atoms with Gasteiger partial charge in [0, 0.05) is 18.2 Å². The predicted molar refractivity (Wildman–Crippen MR) is 117 cm³/mol. The maximum atomic E-state index is 13.1. The summed E-state index contributed by atoms with van der Waals surface area (Å²) in [7, 11) is -2.46. The minimum absolute atomic E-state index is 0.000134. The molecule has 2 aromatic heterocycles. The normalized spacial score (nSPS) is 18.5. The zero-order valence-electron chi connectivity index (χ0n) is 17.9. The molecular weight excluding hydrogens is 456 g/mol. The second-order valence-corrected chi connectivity index (χ2v) is 10.2. The highest BCUT2D eigenvalue weighted by Crippen LogP contribution is 2.34. The van der Waals surface area contributed by atoms with E-state index in [1.165, 1.54) is 17.7 Å². The number of imidazole rings is 1. The summed E-state index contributed by atoms with van der Waals surface area (Å²) >= 11 is 1.10. The molecule has 0 saturated heterocycles. The smallest absolute Gasteiger partial charge is 0.369 e. The van der Waals surface area contributed by atoms with E-state index in [1.807, 2.05) is 0 Å². The first kappa shape index (κ1) is 22.6. The number of hydrogen-bond acceptors (Lipinski definition) is 9. The second kappa shape index (κ2) is 8.77. The first-order valence-electron chi connectivity index (χ1n) is 10.1. The van der Waals surface area contributed by atoms with Gasteiger partial charge in [-0.2, -0.15) is 0 Å². The first-order valence-corrected chi connectivity index (χ1v) is 12.4. The number of rotatable bonds is 8. The summed E-state index contributed by atoms with van der Waals surface area (Å²) in [6.45, 7) is 3.79. The molecule has 0 aliphatic heterocycles. The lowest BCUT2D eigenvalue weighted by atomic mass is 9.82. The van der Waals surface area contributed by atoms with Crippen LogP contribution in [-0.4, -0.2) is 60.5 Å². The van der Waals surface area contributed by atoms with Gasteiger partial charge in [0.15, 0.2) is 0 Å². The van der Waals surface area contributed by atoms with Gasteiger partial charge in [0.2, 0.25) is 20.0 Å². The molecule has 1 aliphatic rings. The topological polar surface area (TPSA) is 132 Å². The van der Waals surface area contributed by atoms with Crippen LogP contribution < -0.4 is 9.46 Å². The number of aliphatic hydroxyl groups excluding tert-OH is 1. The van der Waals surface area contributed by atoms with Crippen LogP contribution in [0.5, 0.6) is 5.75 Å². The number of aryl methyl sites for hydroxylation is 1. The molecule has 0 atom stereocenters. The predicted octanol–water partition coefficient (Wildman–Crippen LogP) is 2.00. The number of ether oxygens (including phenoxy) is 2. The summed E-state index contributed by atoms with van der Waals surface area (Å²) in [5, 5.41) is 13.7. The van der Waals surface area contributed by atoms with Gasteiger partial charge in [-0.05, 0) is 50.8 Å². The Balaban J connectivity index is 1.73. The number of benzene rings is 1. The highest BCUT2D eigenvalue weighted by atomic mass is 32.2. The molecule has 0 spiro atoms. The first-order chi connectivity index (χ1) is 15.3. The van der Waals surface area contributed by atoms with Crippen molar-refractivity contribution in [2.45, 2.75) is 37.6 Å². The molecular formula is C20H24N4O6S2. The molecule has 10 nitrogen and oxygen atoms in total. The molecule has 4 rings (SSSR count). The van der Waals surface area contributed by atoms with E-state index >= 15 is 0 Å². The van der Waals surface area contributed by atoms with Gasteiger partial charge in [-0.1, -0.05) is 11.3 Å². The minimum atomic E-state index is -3.87. The molecule has 12 heteroatoms. The zero-order chi connectivity index (χ0) is 23.0. The van der Waals surface area contributed by atoms with Crippen molar-refractivity contribution in [1.29, 1.82) is 0 Å². The van der Waals surface area contributed by atoms with Crippen LogP contribution in [0.1, 0.15) is 35.3 Å². The number of carbonyl (C=O) groups excluding carboxylic acids is 1. The van der Waals surface area contributed by atoms with E-state index in [9.17, 15) is 18.3 Å². The fraction of sp³-hybridized carbons (Fsp3) is 0.450. The van der Waals surface area contributed by atoms with Crippen molar-refractivity contribution in [2.24, 2.45) is 5.92 Å². The van der Waals surface area contributed by atoms with Crippen molar-refractivity contribution in [2.75, 3.05) is 20.3 Å². The summed E-state index contributed by atoms with van der Waals surface area (Å²) in [6.07, 6.45) is 1.19. The van der Waals surface area contributed by atoms with Gasteiger partial charge in [0.05, 0.1) is 25.1 Å². The maximum absolute atomic E-state index is 13.1. The van der Waals surface area contributed by atoms with E-state index in [2.05, 4.69) is 14.8 Å². The van der Waals surface area contributed by atoms with Crippen LogP contribution in [0, 0.1) is 12.8 Å². The Bertz CT molecular complexity index is 1260. The van der Waals surface area contributed by atoms with Crippen molar-refractivity contribution in [3.63, 3.8) is 0 Å². The van der Waals surface area contributed by atoms with Gasteiger partial charge in [-0.25, -0.2) is 27.4 Å². The molecule has 1 saturated carbocycles. The van der Waals surface area contributed by atoms with Gasteiger partial charge < -0.3 is 14.6 Å². The lowest BCUT2D eigenvalue weighted by Crippen LogP contribution is -2.45. The summed E-state index contributed by atoms with van der Waals surface area (Å²) in [4.78, 5) is 17.0. The molecule has 0 unspecified atom stereocenters. The number of nitrogens with zero attached hydrogens (tertiary/aromatic N) is 3. The van der Waals surface area contributed by atoms with Crippen molar-refractivity contribution < 1.29 is 27.8 Å². The van der Waals surface area contributed by atoms with Crippen LogP contribution in [-0.2, 0) is 14.8 Å². The summed E-state index contributed by atoms with van der Waals surface area (Å²) in [5.41, 5.74) is 1.79. The number of fused-ring (bicyclic) bond motifs is 1. The fourth-order valence-corrected chi connectivity index (χ4v) is 6.05. The van der Waals surface area contributed by atoms with E-state index in [0.717, 1.165) is 11.3 Å². The quantitative estimate of drug-likeness (QED) is 0.468. The molecule has 2 heterocycles. The lowest BCUT2D eigenvalue weighted by Gasteiger charge is -2.34. The van der Waals surface area contributed by atoms with Crippen LogP contribution in [0.2, 0.25) is 0 Å². The van der Waals surface area contributed by atoms with Crippen molar-refractivity contribution >= 4 is 32.3 Å². The fourth-order valence-electron chi connectivity index (χ4n) is 3.75. The highest BCUT2D eigenvalue weighted by Gasteiger charge is 2.33. The van der Waals surface area contributed by atoms with E-state index in [-0.39, 0.29) is 40.8 Å². The number of aliphatic hydroxyl groups is 1. The number of hydrogen-bond donors (Lipinski definition) is 2. The van der Waals surface area contributed by atoms with Crippen LogP contribution in [0.4, 0.5) is 0 Å². The average Bonchev–Trinajstić information content (AvgIpc) is 3.26. The van der Waals surface area contributed by atoms with Gasteiger partial charge in [0.1, 0.15) is 10.6 Å². The van der Waals surface area contributed by atoms with Gasteiger partial charge >= 0.3 is 5.97 Å². The Morgan fingerprint density at radius 1 is 1.38 bits per heavy atom. The number of nitrogens with one attached hydrogen (secondary N) is 1. The SMILES string of the molecule is CCOC(=O)c1nn2c(-c3ccc(OC)c(S(=O)(=O)NC4CC(CO)C4)c3)c(C)nc2s1. The Hall–Kier alpha value is -2.54. The van der Waals surface area contributed by atoms with Crippen LogP contribution in [0.3, 0.4) is 0 Å². The third-order valence-corrected chi connectivity index (χ3v) is 7.80. The van der Waals surface area contributed by atoms with E-state index in [0.29, 0.717) is 34.8 Å². The number of aromatic nitrogens is 3. The van der Waals surface area contributed by atoms with Crippen LogP contribution >= 0.6 is 11.3 Å². The largest absolute Gasteiger partial charge is 0.495 e. The van der Waals surface area contributed by atoms with E-state index < -0.39 is 16.0 Å². The number of sulfonamides is 1. The Labute approximate surface area is 189 Å². The lowest BCUT2D eigenvalue weighted by molar-refractivity contribution is 0.0524. The average molecular weight is 481 g/mol. The van der Waals surface area contributed by atoms with Crippen molar-refractivity contribution in [3.8, 4) is 17.0 Å². The number of carbonyl (C=O) groups is 1. The third-order valence-electron chi connectivity index (χ3n) is 5.37. The minimum Gasteiger partial charge on any atom is -0.495 e. The van der Waals surface area contributed by atoms with Crippen molar-refractivity contribution in [1.82, 2.24) is 19.3 Å². The third kappa shape index (κ3) is 4.10. The number of esters is 1. The molecule has 2 N–H and O–H groups in total. The van der Waals surface area contributed by atoms with Crippen LogP contribution in [0.25, 0.3) is 16.2 Å². The molecule has 0 amide bonds.